The van der Waals surface area contributed by atoms with E-state index in [2.05, 4.69) is 38.8 Å². The molecular formula is C24H31N3O3SSi. The minimum Gasteiger partial charge on any atom is -0.544 e. The Morgan fingerprint density at radius 1 is 1.19 bits per heavy atom. The smallest absolute Gasteiger partial charge is 0.245 e. The summed E-state index contributed by atoms with van der Waals surface area (Å²) in [6.45, 7) is 14.2. The van der Waals surface area contributed by atoms with Crippen molar-refractivity contribution in [3.05, 3.63) is 35.2 Å². The summed E-state index contributed by atoms with van der Waals surface area (Å²) in [5, 5.41) is 0. The average Bonchev–Trinajstić information content (AvgIpc) is 3.15. The van der Waals surface area contributed by atoms with Crippen LogP contribution in [0.25, 0.3) is 21.6 Å². The van der Waals surface area contributed by atoms with E-state index in [9.17, 15) is 4.79 Å². The second kappa shape index (κ2) is 8.92. The van der Waals surface area contributed by atoms with Gasteiger partial charge in [0.25, 0.3) is 0 Å². The van der Waals surface area contributed by atoms with Crippen LogP contribution < -0.4 is 9.33 Å². The fraction of sp³-hybridized carbons (Fsp3) is 0.458. The lowest BCUT2D eigenvalue weighted by molar-refractivity contribution is 0.112. The maximum Gasteiger partial charge on any atom is 0.245 e. The lowest BCUT2D eigenvalue weighted by Crippen LogP contribution is -2.38. The van der Waals surface area contributed by atoms with Gasteiger partial charge in [-0.05, 0) is 42.8 Å². The van der Waals surface area contributed by atoms with Gasteiger partial charge in [-0.25, -0.2) is 9.97 Å². The van der Waals surface area contributed by atoms with Crippen LogP contribution in [0.2, 0.25) is 19.1 Å². The van der Waals surface area contributed by atoms with Gasteiger partial charge in [-0.3, -0.25) is 4.79 Å². The molecule has 170 valence electrons. The van der Waals surface area contributed by atoms with Crippen molar-refractivity contribution >= 4 is 42.0 Å². The number of hydrogen-bond donors (Lipinski definition) is 0. The Bertz CT molecular complexity index is 1120. The molecule has 0 radical (unpaired) electrons. The fourth-order valence-electron chi connectivity index (χ4n) is 4.44. The molecule has 3 heterocycles. The number of rotatable bonds is 6. The summed E-state index contributed by atoms with van der Waals surface area (Å²) in [5.41, 5.74) is 1.94. The molecule has 0 amide bonds. The number of fused-ring (bicyclic) bond motifs is 1. The highest BCUT2D eigenvalue weighted by atomic mass is 32.1. The molecule has 0 unspecified atom stereocenters. The molecule has 0 spiro atoms. The summed E-state index contributed by atoms with van der Waals surface area (Å²) in [7, 11) is -1.89. The van der Waals surface area contributed by atoms with Crippen molar-refractivity contribution in [2.24, 2.45) is 5.41 Å². The third-order valence-corrected chi connectivity index (χ3v) is 8.99. The first kappa shape index (κ1) is 22.9. The Morgan fingerprint density at radius 2 is 1.94 bits per heavy atom. The van der Waals surface area contributed by atoms with Crippen LogP contribution in [0, 0.1) is 5.41 Å². The van der Waals surface area contributed by atoms with Crippen molar-refractivity contribution in [3.8, 4) is 17.1 Å². The highest BCUT2D eigenvalue weighted by Crippen LogP contribution is 2.35. The number of aldehydes is 1. The van der Waals surface area contributed by atoms with Crippen molar-refractivity contribution in [2.75, 3.05) is 31.2 Å². The molecule has 0 saturated carbocycles. The van der Waals surface area contributed by atoms with Crippen molar-refractivity contribution in [3.63, 3.8) is 0 Å². The molecule has 0 N–H and O–H groups in total. The lowest BCUT2D eigenvalue weighted by atomic mass is 10.0. The summed E-state index contributed by atoms with van der Waals surface area (Å²) in [6, 6.07) is 11.0. The van der Waals surface area contributed by atoms with E-state index in [0.717, 1.165) is 52.8 Å². The number of carbonyl (C=O) groups excluding carboxylic acids is 1. The second-order valence-electron chi connectivity index (χ2n) is 10.1. The zero-order chi connectivity index (χ0) is 22.9. The molecule has 1 aliphatic rings. The number of anilines is 1. The van der Waals surface area contributed by atoms with Crippen molar-refractivity contribution in [1.82, 2.24) is 9.97 Å². The van der Waals surface area contributed by atoms with Gasteiger partial charge in [-0.1, -0.05) is 32.9 Å². The summed E-state index contributed by atoms with van der Waals surface area (Å²) in [5.74, 6) is 2.38. The maximum absolute atomic E-state index is 11.4. The first-order valence-corrected chi connectivity index (χ1v) is 15.0. The molecule has 1 aliphatic heterocycles. The van der Waals surface area contributed by atoms with E-state index < -0.39 is 8.32 Å². The van der Waals surface area contributed by atoms with Gasteiger partial charge in [0.15, 0.2) is 17.9 Å². The van der Waals surface area contributed by atoms with E-state index in [1.807, 2.05) is 30.3 Å². The minimum atomic E-state index is -1.89. The molecule has 2 aromatic heterocycles. The molecule has 0 atom stereocenters. The molecule has 1 fully saturated rings. The molecular weight excluding hydrogens is 438 g/mol. The van der Waals surface area contributed by atoms with Crippen molar-refractivity contribution in [1.29, 1.82) is 0 Å². The quantitative estimate of drug-likeness (QED) is 0.344. The summed E-state index contributed by atoms with van der Waals surface area (Å²) < 4.78 is 13.0. The Hall–Kier alpha value is -2.29. The maximum atomic E-state index is 11.4. The Kier molecular flexibility index (Phi) is 6.38. The Labute approximate surface area is 194 Å². The highest BCUT2D eigenvalue weighted by molar-refractivity contribution is 7.21. The Balaban J connectivity index is 1.72. The van der Waals surface area contributed by atoms with Crippen molar-refractivity contribution in [2.45, 2.75) is 39.9 Å². The number of hydrogen-bond acceptors (Lipinski definition) is 7. The Morgan fingerprint density at radius 3 is 2.62 bits per heavy atom. The molecule has 1 saturated heterocycles. The summed E-state index contributed by atoms with van der Waals surface area (Å²) >= 11 is 1.44. The monoisotopic (exact) mass is 469 g/mol. The number of ether oxygens (including phenoxy) is 1. The van der Waals surface area contributed by atoms with E-state index in [0.29, 0.717) is 23.9 Å². The number of benzene rings is 1. The van der Waals surface area contributed by atoms with Crippen LogP contribution in [0.1, 0.15) is 30.4 Å². The standard InChI is InChI=1S/C24H31N3O3SSi/c1-24(2,3)16-32(4,5)30-18-8-6-7-17(13-18)22-25-20-14-19(15-28)31-21(20)23(26-22)27-9-11-29-12-10-27/h6-8,13-15H,9-12,16H2,1-5H3. The molecule has 0 bridgehead atoms. The fourth-order valence-corrected chi connectivity index (χ4v) is 8.76. The van der Waals surface area contributed by atoms with Crippen molar-refractivity contribution < 1.29 is 14.0 Å². The largest absolute Gasteiger partial charge is 0.544 e. The van der Waals surface area contributed by atoms with E-state index in [-0.39, 0.29) is 5.41 Å². The van der Waals surface area contributed by atoms with Gasteiger partial charge < -0.3 is 14.1 Å². The molecule has 4 rings (SSSR count). The van der Waals surface area contributed by atoms with Gasteiger partial charge in [0.2, 0.25) is 8.32 Å². The van der Waals surface area contributed by atoms with Gasteiger partial charge >= 0.3 is 0 Å². The SMILES string of the molecule is CC(C)(C)C[Si](C)(C)Oc1cccc(-c2nc(N3CCOCC3)c3sc(C=O)cc3n2)c1. The normalized spacial score (nSPS) is 15.2. The predicted molar refractivity (Wildman–Crippen MR) is 134 cm³/mol. The molecule has 0 aliphatic carbocycles. The van der Waals surface area contributed by atoms with Gasteiger partial charge in [0.1, 0.15) is 5.75 Å². The molecule has 8 heteroatoms. The molecule has 6 nitrogen and oxygen atoms in total. The van der Waals surface area contributed by atoms with E-state index >= 15 is 0 Å². The van der Waals surface area contributed by atoms with Crippen LogP contribution >= 0.6 is 11.3 Å². The first-order chi connectivity index (χ1) is 15.1. The zero-order valence-electron chi connectivity index (χ0n) is 19.5. The summed E-state index contributed by atoms with van der Waals surface area (Å²) in [4.78, 5) is 24.0. The van der Waals surface area contributed by atoms with Crippen LogP contribution in [0.5, 0.6) is 5.75 Å². The number of aromatic nitrogens is 2. The predicted octanol–water partition coefficient (Wildman–Crippen LogP) is 5.64. The average molecular weight is 470 g/mol. The van der Waals surface area contributed by atoms with E-state index in [1.54, 1.807) is 0 Å². The van der Waals surface area contributed by atoms with Gasteiger partial charge in [0, 0.05) is 18.7 Å². The zero-order valence-corrected chi connectivity index (χ0v) is 21.3. The van der Waals surface area contributed by atoms with Crippen LogP contribution in [0.3, 0.4) is 0 Å². The van der Waals surface area contributed by atoms with Crippen LogP contribution in [0.4, 0.5) is 5.82 Å². The van der Waals surface area contributed by atoms with E-state index in [1.165, 1.54) is 11.3 Å². The molecule has 3 aromatic rings. The third-order valence-electron chi connectivity index (χ3n) is 5.24. The van der Waals surface area contributed by atoms with Gasteiger partial charge in [-0.15, -0.1) is 11.3 Å². The number of morpholine rings is 1. The summed E-state index contributed by atoms with van der Waals surface area (Å²) in [6.07, 6.45) is 0.880. The number of nitrogens with zero attached hydrogens (tertiary/aromatic N) is 3. The van der Waals surface area contributed by atoms with Crippen LogP contribution in [-0.2, 0) is 4.74 Å². The molecule has 1 aromatic carbocycles. The number of carbonyl (C=O) groups is 1. The van der Waals surface area contributed by atoms with Gasteiger partial charge in [-0.2, -0.15) is 0 Å². The van der Waals surface area contributed by atoms with Gasteiger partial charge in [0.05, 0.1) is 28.3 Å². The first-order valence-electron chi connectivity index (χ1n) is 11.0. The second-order valence-corrected chi connectivity index (χ2v) is 15.2. The lowest BCUT2D eigenvalue weighted by Gasteiger charge is -2.31. The molecule has 32 heavy (non-hydrogen) atoms. The van der Waals surface area contributed by atoms with E-state index in [4.69, 9.17) is 19.1 Å². The minimum absolute atomic E-state index is 0.226. The highest BCUT2D eigenvalue weighted by Gasteiger charge is 2.31. The van der Waals surface area contributed by atoms with Crippen LogP contribution in [0.15, 0.2) is 30.3 Å². The number of thiophene rings is 1. The topological polar surface area (TPSA) is 64.6 Å². The third kappa shape index (κ3) is 5.36. The van der Waals surface area contributed by atoms with Crippen LogP contribution in [-0.4, -0.2) is 50.9 Å².